The van der Waals surface area contributed by atoms with Crippen LogP contribution in [-0.2, 0) is 4.79 Å². The second kappa shape index (κ2) is 10.1. The number of halogens is 2. The van der Waals surface area contributed by atoms with Crippen molar-refractivity contribution in [2.75, 3.05) is 12.1 Å². The molecule has 2 aromatic heterocycles. The number of benzene rings is 1. The Balaban J connectivity index is 1.99. The minimum absolute atomic E-state index is 0.00760. The van der Waals surface area contributed by atoms with Crippen LogP contribution in [0.25, 0.3) is 5.13 Å². The van der Waals surface area contributed by atoms with Crippen LogP contribution in [0.3, 0.4) is 0 Å². The van der Waals surface area contributed by atoms with E-state index in [0.29, 0.717) is 5.13 Å². The molecule has 0 saturated carbocycles. The number of nitriles is 1. The minimum atomic E-state index is -0.740. The summed E-state index contributed by atoms with van der Waals surface area (Å²) in [6.07, 6.45) is 3.20. The Hall–Kier alpha value is -3.72. The monoisotopic (exact) mass is 490 g/mol. The quantitative estimate of drug-likeness (QED) is 0.319. The van der Waals surface area contributed by atoms with Gasteiger partial charge in [-0.25, -0.2) is 9.78 Å². The maximum Gasteiger partial charge on any atom is 0.342 e. The second-order valence-electron chi connectivity index (χ2n) is 5.81. The van der Waals surface area contributed by atoms with Gasteiger partial charge in [-0.1, -0.05) is 23.2 Å². The first-order valence-corrected chi connectivity index (χ1v) is 10.3. The fourth-order valence-electron chi connectivity index (χ4n) is 2.40. The lowest BCUT2D eigenvalue weighted by Gasteiger charge is -2.19. The maximum atomic E-state index is 12.2. The van der Waals surface area contributed by atoms with Crippen LogP contribution in [0.4, 0.5) is 10.5 Å². The zero-order chi connectivity index (χ0) is 23.3. The molecule has 0 fully saturated rings. The summed E-state index contributed by atoms with van der Waals surface area (Å²) < 4.78 is 7.08. The molecule has 3 rings (SSSR count). The van der Waals surface area contributed by atoms with Crippen molar-refractivity contribution in [3.8, 4) is 22.7 Å². The van der Waals surface area contributed by atoms with Gasteiger partial charge in [0.25, 0.3) is 5.56 Å². The van der Waals surface area contributed by atoms with E-state index in [9.17, 15) is 14.4 Å². The van der Waals surface area contributed by atoms with Gasteiger partial charge < -0.3 is 10.1 Å². The van der Waals surface area contributed by atoms with Gasteiger partial charge in [0.15, 0.2) is 17.2 Å². The summed E-state index contributed by atoms with van der Waals surface area (Å²) in [6.45, 7) is 0. The molecule has 1 N–H and O–H groups in total. The van der Waals surface area contributed by atoms with Crippen LogP contribution in [0.2, 0.25) is 10.0 Å². The van der Waals surface area contributed by atoms with Crippen LogP contribution in [0.15, 0.2) is 51.9 Å². The van der Waals surface area contributed by atoms with Crippen molar-refractivity contribution in [2.24, 2.45) is 5.10 Å². The normalized spacial score (nSPS) is 10.9. The van der Waals surface area contributed by atoms with Gasteiger partial charge in [-0.05, 0) is 18.2 Å². The Labute approximate surface area is 194 Å². The number of hydrazone groups is 1. The van der Waals surface area contributed by atoms with E-state index in [1.165, 1.54) is 53.4 Å². The third-order valence-corrected chi connectivity index (χ3v) is 5.13. The van der Waals surface area contributed by atoms with Gasteiger partial charge in [-0.3, -0.25) is 14.2 Å². The first kappa shape index (κ1) is 23.0. The molecule has 32 heavy (non-hydrogen) atoms. The number of urea groups is 1. The molecule has 0 aliphatic carbocycles. The number of thiazole rings is 1. The number of pyridine rings is 1. The molecule has 1 aromatic carbocycles. The number of anilines is 1. The van der Waals surface area contributed by atoms with Crippen LogP contribution in [0, 0.1) is 11.3 Å². The molecule has 0 unspecified atom stereocenters. The molecule has 0 radical (unpaired) electrons. The SMILES string of the molecule is CNC(=O)N(/N=C(/C#N)C=O)c1cc(Cl)c(Oc2ccc(=O)n(-c3nccs3)c2)c(Cl)c1. The third kappa shape index (κ3) is 4.94. The molecule has 0 aliphatic heterocycles. The lowest BCUT2D eigenvalue weighted by atomic mass is 10.3. The van der Waals surface area contributed by atoms with Crippen molar-refractivity contribution in [3.63, 3.8) is 0 Å². The second-order valence-corrected chi connectivity index (χ2v) is 7.50. The van der Waals surface area contributed by atoms with Gasteiger partial charge in [-0.2, -0.15) is 10.3 Å². The van der Waals surface area contributed by atoms with Crippen molar-refractivity contribution in [1.82, 2.24) is 14.9 Å². The molecule has 0 spiro atoms. The number of hydrogen-bond donors (Lipinski definition) is 1. The highest BCUT2D eigenvalue weighted by atomic mass is 35.5. The average Bonchev–Trinajstić information content (AvgIpc) is 3.32. The molecular formula is C19H12Cl2N6O4S. The van der Waals surface area contributed by atoms with Crippen molar-refractivity contribution in [2.45, 2.75) is 0 Å². The largest absolute Gasteiger partial charge is 0.453 e. The Kier molecular flexibility index (Phi) is 7.21. The fourth-order valence-corrected chi connectivity index (χ4v) is 3.58. The summed E-state index contributed by atoms with van der Waals surface area (Å²) in [4.78, 5) is 39.3. The Bertz CT molecular complexity index is 1280. The van der Waals surface area contributed by atoms with E-state index in [2.05, 4.69) is 15.4 Å². The lowest BCUT2D eigenvalue weighted by Crippen LogP contribution is -2.35. The standard InChI is InChI=1S/C19H12Cl2N6O4S/c1-23-18(30)27(25-11(8-22)10-28)12-6-14(20)17(15(21)7-12)31-13-2-3-16(29)26(9-13)19-24-4-5-32-19/h2-7,9-10H,1H3,(H,23,30)/b25-11-. The molecule has 13 heteroatoms. The van der Waals surface area contributed by atoms with Gasteiger partial charge in [0, 0.05) is 24.7 Å². The first-order chi connectivity index (χ1) is 15.4. The van der Waals surface area contributed by atoms with Crippen LogP contribution >= 0.6 is 34.5 Å². The third-order valence-electron chi connectivity index (χ3n) is 3.80. The summed E-state index contributed by atoms with van der Waals surface area (Å²) >= 11 is 13.9. The number of carbonyl (C=O) groups is 2. The highest BCUT2D eigenvalue weighted by molar-refractivity contribution is 7.12. The molecule has 2 heterocycles. The highest BCUT2D eigenvalue weighted by Crippen LogP contribution is 2.40. The van der Waals surface area contributed by atoms with E-state index < -0.39 is 11.7 Å². The molecule has 0 bridgehead atoms. The van der Waals surface area contributed by atoms with Gasteiger partial charge in [0.1, 0.15) is 11.8 Å². The number of ether oxygens (including phenoxy) is 1. The molecule has 3 aromatic rings. The fraction of sp³-hybridized carbons (Fsp3) is 0.0526. The summed E-state index contributed by atoms with van der Waals surface area (Å²) in [6, 6.07) is 6.20. The molecule has 0 saturated heterocycles. The van der Waals surface area contributed by atoms with Gasteiger partial charge in [0.2, 0.25) is 5.71 Å². The topological polar surface area (TPSA) is 130 Å². The zero-order valence-corrected chi connectivity index (χ0v) is 18.5. The van der Waals surface area contributed by atoms with E-state index in [1.54, 1.807) is 17.6 Å². The molecule has 162 valence electrons. The van der Waals surface area contributed by atoms with Crippen LogP contribution in [0.5, 0.6) is 11.5 Å². The summed E-state index contributed by atoms with van der Waals surface area (Å²) in [5.74, 6) is 0.309. The Morgan fingerprint density at radius 3 is 2.66 bits per heavy atom. The summed E-state index contributed by atoms with van der Waals surface area (Å²) in [5, 5.41) is 17.9. The number of nitrogens with one attached hydrogen (secondary N) is 1. The number of nitrogens with zero attached hydrogens (tertiary/aromatic N) is 5. The molecular weight excluding hydrogens is 479 g/mol. The van der Waals surface area contributed by atoms with Crippen LogP contribution in [-0.4, -0.2) is 34.6 Å². The number of aldehydes is 1. The highest BCUT2D eigenvalue weighted by Gasteiger charge is 2.20. The smallest absolute Gasteiger partial charge is 0.342 e. The van der Waals surface area contributed by atoms with Crippen molar-refractivity contribution >= 4 is 58.3 Å². The zero-order valence-electron chi connectivity index (χ0n) is 16.2. The minimum Gasteiger partial charge on any atom is -0.453 e. The predicted molar refractivity (Wildman–Crippen MR) is 120 cm³/mol. The Morgan fingerprint density at radius 1 is 1.38 bits per heavy atom. The van der Waals surface area contributed by atoms with E-state index in [4.69, 9.17) is 33.2 Å². The lowest BCUT2D eigenvalue weighted by molar-refractivity contribution is -0.102. The molecule has 10 nitrogen and oxygen atoms in total. The van der Waals surface area contributed by atoms with Gasteiger partial charge >= 0.3 is 6.03 Å². The number of amides is 2. The summed E-state index contributed by atoms with van der Waals surface area (Å²) in [5.41, 5.74) is -0.762. The number of carbonyl (C=O) groups excluding carboxylic acids is 2. The average molecular weight is 491 g/mol. The van der Waals surface area contributed by atoms with E-state index >= 15 is 0 Å². The van der Waals surface area contributed by atoms with Gasteiger partial charge in [0.05, 0.1) is 21.9 Å². The molecule has 2 amide bonds. The predicted octanol–water partition coefficient (Wildman–Crippen LogP) is 3.62. The van der Waals surface area contributed by atoms with Crippen LogP contribution in [0.1, 0.15) is 0 Å². The van der Waals surface area contributed by atoms with Crippen molar-refractivity contribution in [3.05, 3.63) is 62.4 Å². The van der Waals surface area contributed by atoms with Crippen LogP contribution < -0.4 is 20.6 Å². The number of hydrogen-bond acceptors (Lipinski definition) is 8. The Morgan fingerprint density at radius 2 is 2.09 bits per heavy atom. The maximum absolute atomic E-state index is 12.2. The van der Waals surface area contributed by atoms with E-state index in [-0.39, 0.29) is 39.1 Å². The first-order valence-electron chi connectivity index (χ1n) is 8.63. The molecule has 0 atom stereocenters. The number of aromatic nitrogens is 2. The van der Waals surface area contributed by atoms with Crippen molar-refractivity contribution in [1.29, 1.82) is 5.26 Å². The van der Waals surface area contributed by atoms with E-state index in [0.717, 1.165) is 5.01 Å². The molecule has 0 aliphatic rings. The number of rotatable bonds is 6. The van der Waals surface area contributed by atoms with Gasteiger partial charge in [-0.15, -0.1) is 16.4 Å². The van der Waals surface area contributed by atoms with Crippen molar-refractivity contribution < 1.29 is 14.3 Å². The summed E-state index contributed by atoms with van der Waals surface area (Å²) in [7, 11) is 1.34. The van der Waals surface area contributed by atoms with E-state index in [1.807, 2.05) is 0 Å².